The van der Waals surface area contributed by atoms with E-state index in [1.165, 1.54) is 11.9 Å². The van der Waals surface area contributed by atoms with Crippen LogP contribution in [0.15, 0.2) is 102 Å². The van der Waals surface area contributed by atoms with E-state index in [9.17, 15) is 0 Å². The van der Waals surface area contributed by atoms with Crippen LogP contribution in [0.5, 0.6) is 11.6 Å². The third-order valence-corrected chi connectivity index (χ3v) is 4.59. The van der Waals surface area contributed by atoms with Gasteiger partial charge in [0.05, 0.1) is 5.56 Å². The zero-order valence-electron chi connectivity index (χ0n) is 14.4. The van der Waals surface area contributed by atoms with Crippen molar-refractivity contribution in [2.75, 3.05) is 4.72 Å². The largest absolute Gasteiger partial charge is 0.438 e. The Balaban J connectivity index is 1.63. The number of benzene rings is 3. The molecule has 1 aromatic heterocycles. The average molecular weight is 371 g/mol. The Labute approximate surface area is 162 Å². The van der Waals surface area contributed by atoms with Gasteiger partial charge < -0.3 is 4.74 Å². The lowest BCUT2D eigenvalue weighted by molar-refractivity contribution is 0.464. The zero-order valence-corrected chi connectivity index (χ0v) is 15.3. The van der Waals surface area contributed by atoms with E-state index in [0.717, 1.165) is 21.8 Å². The predicted molar refractivity (Wildman–Crippen MR) is 110 cm³/mol. The standard InChI is InChI=1S/C22H17N3OS/c1-4-10-17(11-5-1)20-16-23-22(25-27-19-14-8-3-9-15-19)24-21(20)26-18-12-6-2-7-13-18/h1-16H,(H,23,24,25). The van der Waals surface area contributed by atoms with Gasteiger partial charge in [-0.3, -0.25) is 4.72 Å². The number of aromatic nitrogens is 2. The summed E-state index contributed by atoms with van der Waals surface area (Å²) in [6.45, 7) is 0. The topological polar surface area (TPSA) is 47.0 Å². The minimum absolute atomic E-state index is 0.495. The molecule has 4 nitrogen and oxygen atoms in total. The fraction of sp³-hybridized carbons (Fsp3) is 0. The first-order chi connectivity index (χ1) is 13.4. The molecule has 27 heavy (non-hydrogen) atoms. The molecular weight excluding hydrogens is 354 g/mol. The lowest BCUT2D eigenvalue weighted by atomic mass is 10.1. The third-order valence-electron chi connectivity index (χ3n) is 3.80. The van der Waals surface area contributed by atoms with E-state index >= 15 is 0 Å². The highest BCUT2D eigenvalue weighted by atomic mass is 32.2. The van der Waals surface area contributed by atoms with E-state index in [1.807, 2.05) is 91.0 Å². The second-order valence-electron chi connectivity index (χ2n) is 5.71. The van der Waals surface area contributed by atoms with Gasteiger partial charge in [-0.15, -0.1) is 0 Å². The summed E-state index contributed by atoms with van der Waals surface area (Å²) in [6.07, 6.45) is 1.79. The molecule has 0 aliphatic carbocycles. The highest BCUT2D eigenvalue weighted by molar-refractivity contribution is 8.00. The summed E-state index contributed by atoms with van der Waals surface area (Å²) in [6, 6.07) is 29.6. The smallest absolute Gasteiger partial charge is 0.236 e. The van der Waals surface area contributed by atoms with Crippen molar-refractivity contribution in [2.45, 2.75) is 4.90 Å². The molecule has 0 unspecified atom stereocenters. The SMILES string of the molecule is c1ccc(Oc2nc(NSc3ccccc3)ncc2-c2ccccc2)cc1. The maximum atomic E-state index is 6.06. The minimum atomic E-state index is 0.495. The lowest BCUT2D eigenvalue weighted by Gasteiger charge is -2.12. The monoisotopic (exact) mass is 371 g/mol. The van der Waals surface area contributed by atoms with E-state index in [4.69, 9.17) is 4.74 Å². The number of hydrogen-bond acceptors (Lipinski definition) is 5. The van der Waals surface area contributed by atoms with Crippen molar-refractivity contribution in [3.63, 3.8) is 0 Å². The van der Waals surface area contributed by atoms with E-state index in [-0.39, 0.29) is 0 Å². The summed E-state index contributed by atoms with van der Waals surface area (Å²) in [5, 5.41) is 0. The van der Waals surface area contributed by atoms with Crippen LogP contribution in [0, 0.1) is 0 Å². The summed E-state index contributed by atoms with van der Waals surface area (Å²) in [4.78, 5) is 10.1. The lowest BCUT2D eigenvalue weighted by Crippen LogP contribution is -1.99. The van der Waals surface area contributed by atoms with Gasteiger partial charge in [-0.05, 0) is 41.8 Å². The normalized spacial score (nSPS) is 10.4. The van der Waals surface area contributed by atoms with Crippen molar-refractivity contribution in [3.8, 4) is 22.8 Å². The average Bonchev–Trinajstić information content (AvgIpc) is 2.74. The molecule has 0 saturated carbocycles. The van der Waals surface area contributed by atoms with Crippen LogP contribution < -0.4 is 9.46 Å². The third kappa shape index (κ3) is 4.46. The van der Waals surface area contributed by atoms with Gasteiger partial charge in [-0.2, -0.15) is 4.98 Å². The predicted octanol–water partition coefficient (Wildman–Crippen LogP) is 6.06. The molecule has 5 heteroatoms. The second kappa shape index (κ2) is 8.38. The number of anilines is 1. The highest BCUT2D eigenvalue weighted by Crippen LogP contribution is 2.32. The Morgan fingerprint density at radius 2 is 1.37 bits per heavy atom. The molecule has 1 N–H and O–H groups in total. The number of hydrogen-bond donors (Lipinski definition) is 1. The van der Waals surface area contributed by atoms with E-state index in [2.05, 4.69) is 14.7 Å². The first kappa shape index (κ1) is 17.1. The number of rotatable bonds is 6. The minimum Gasteiger partial charge on any atom is -0.438 e. The molecule has 4 rings (SSSR count). The quantitative estimate of drug-likeness (QED) is 0.418. The van der Waals surface area contributed by atoms with Crippen molar-refractivity contribution >= 4 is 17.9 Å². The Bertz CT molecular complexity index is 996. The maximum absolute atomic E-state index is 6.06. The van der Waals surface area contributed by atoms with Crippen molar-refractivity contribution in [1.29, 1.82) is 0 Å². The Hall–Kier alpha value is -3.31. The molecule has 132 valence electrons. The highest BCUT2D eigenvalue weighted by Gasteiger charge is 2.12. The summed E-state index contributed by atoms with van der Waals surface area (Å²) < 4.78 is 9.24. The molecule has 0 saturated heterocycles. The van der Waals surface area contributed by atoms with Crippen molar-refractivity contribution in [3.05, 3.63) is 97.2 Å². The van der Waals surface area contributed by atoms with Crippen molar-refractivity contribution < 1.29 is 4.74 Å². The summed E-state index contributed by atoms with van der Waals surface area (Å²) in [5.74, 6) is 1.74. The van der Waals surface area contributed by atoms with Crippen LogP contribution in [-0.2, 0) is 0 Å². The van der Waals surface area contributed by atoms with Crippen LogP contribution >= 0.6 is 11.9 Å². The van der Waals surface area contributed by atoms with Gasteiger partial charge >= 0.3 is 0 Å². The summed E-state index contributed by atoms with van der Waals surface area (Å²) >= 11 is 1.46. The Morgan fingerprint density at radius 1 is 0.741 bits per heavy atom. The number of nitrogens with zero attached hydrogens (tertiary/aromatic N) is 2. The molecule has 0 radical (unpaired) electrons. The molecule has 0 aliphatic rings. The first-order valence-electron chi connectivity index (χ1n) is 8.52. The zero-order chi connectivity index (χ0) is 18.3. The second-order valence-corrected chi connectivity index (χ2v) is 6.59. The number of nitrogens with one attached hydrogen (secondary N) is 1. The van der Waals surface area contributed by atoms with Crippen LogP contribution in [0.4, 0.5) is 5.95 Å². The van der Waals surface area contributed by atoms with Crippen LogP contribution in [0.1, 0.15) is 0 Å². The molecule has 0 bridgehead atoms. The number of para-hydroxylation sites is 1. The van der Waals surface area contributed by atoms with Crippen LogP contribution in [0.2, 0.25) is 0 Å². The molecule has 0 fully saturated rings. The Morgan fingerprint density at radius 3 is 2.07 bits per heavy atom. The van der Waals surface area contributed by atoms with Crippen molar-refractivity contribution in [2.24, 2.45) is 0 Å². The summed E-state index contributed by atoms with van der Waals surface area (Å²) in [7, 11) is 0. The van der Waals surface area contributed by atoms with Crippen LogP contribution in [0.25, 0.3) is 11.1 Å². The van der Waals surface area contributed by atoms with E-state index < -0.39 is 0 Å². The molecule has 4 aromatic rings. The van der Waals surface area contributed by atoms with Crippen LogP contribution in [0.3, 0.4) is 0 Å². The molecular formula is C22H17N3OS. The maximum Gasteiger partial charge on any atom is 0.236 e. The fourth-order valence-corrected chi connectivity index (χ4v) is 3.10. The molecule has 0 spiro atoms. The van der Waals surface area contributed by atoms with Gasteiger partial charge in [0.15, 0.2) is 0 Å². The molecule has 1 heterocycles. The van der Waals surface area contributed by atoms with Crippen molar-refractivity contribution in [1.82, 2.24) is 9.97 Å². The molecule has 3 aromatic carbocycles. The van der Waals surface area contributed by atoms with Crippen LogP contribution in [-0.4, -0.2) is 9.97 Å². The molecule has 0 atom stereocenters. The molecule has 0 amide bonds. The van der Waals surface area contributed by atoms with Gasteiger partial charge in [-0.25, -0.2) is 4.98 Å². The fourth-order valence-electron chi connectivity index (χ4n) is 2.50. The van der Waals surface area contributed by atoms with E-state index in [0.29, 0.717) is 11.8 Å². The van der Waals surface area contributed by atoms with Gasteiger partial charge in [0.25, 0.3) is 0 Å². The first-order valence-corrected chi connectivity index (χ1v) is 9.33. The van der Waals surface area contributed by atoms with Gasteiger partial charge in [0, 0.05) is 11.1 Å². The molecule has 0 aliphatic heterocycles. The van der Waals surface area contributed by atoms with Gasteiger partial charge in [-0.1, -0.05) is 66.7 Å². The van der Waals surface area contributed by atoms with E-state index in [1.54, 1.807) is 6.20 Å². The number of ether oxygens (including phenoxy) is 1. The van der Waals surface area contributed by atoms with Gasteiger partial charge in [0.1, 0.15) is 5.75 Å². The summed E-state index contributed by atoms with van der Waals surface area (Å²) in [5.41, 5.74) is 1.85. The Kier molecular flexibility index (Phi) is 5.31. The van der Waals surface area contributed by atoms with Gasteiger partial charge in [0.2, 0.25) is 11.8 Å².